The van der Waals surface area contributed by atoms with Crippen molar-refractivity contribution in [3.05, 3.63) is 90.3 Å². The van der Waals surface area contributed by atoms with Gasteiger partial charge in [-0.1, -0.05) is 18.2 Å². The molecule has 1 heterocycles. The number of carbonyl (C=O) groups is 1. The second-order valence-electron chi connectivity index (χ2n) is 6.05. The van der Waals surface area contributed by atoms with Crippen LogP contribution in [0.2, 0.25) is 0 Å². The van der Waals surface area contributed by atoms with Crippen LogP contribution in [0.25, 0.3) is 0 Å². The molecule has 1 unspecified atom stereocenters. The van der Waals surface area contributed by atoms with Crippen molar-refractivity contribution in [2.24, 2.45) is 0 Å². The second-order valence-corrected chi connectivity index (χ2v) is 8.23. The second kappa shape index (κ2) is 11.7. The maximum Gasteiger partial charge on any atom is 0.446 e. The van der Waals surface area contributed by atoms with E-state index in [4.69, 9.17) is 14.4 Å². The maximum atomic E-state index is 10.4. The van der Waals surface area contributed by atoms with E-state index in [9.17, 15) is 13.2 Å². The molecule has 3 rings (SSSR count). The van der Waals surface area contributed by atoms with Gasteiger partial charge in [-0.05, 0) is 12.1 Å². The molecular weight excluding hydrogens is 421 g/mol. The molecule has 10 heteroatoms. The Morgan fingerprint density at radius 2 is 1.60 bits per heavy atom. The van der Waals surface area contributed by atoms with Crippen LogP contribution in [-0.4, -0.2) is 63.6 Å². The first-order chi connectivity index (χ1) is 14.2. The van der Waals surface area contributed by atoms with E-state index < -0.39 is 16.4 Å². The van der Waals surface area contributed by atoms with Crippen molar-refractivity contribution in [3.63, 3.8) is 0 Å². The first-order valence-electron chi connectivity index (χ1n) is 8.82. The molecule has 8 nitrogen and oxygen atoms in total. The van der Waals surface area contributed by atoms with Gasteiger partial charge in [0.2, 0.25) is 0 Å². The van der Waals surface area contributed by atoms with Gasteiger partial charge in [0.15, 0.2) is 0 Å². The molecule has 0 radical (unpaired) electrons. The molecule has 0 amide bonds. The smallest absolute Gasteiger partial charge is 0.362 e. The third-order valence-electron chi connectivity index (χ3n) is 3.82. The van der Waals surface area contributed by atoms with E-state index in [2.05, 4.69) is 9.17 Å². The number of ether oxygens (including phenoxy) is 1. The van der Waals surface area contributed by atoms with Crippen LogP contribution in [0.3, 0.4) is 0 Å². The van der Waals surface area contributed by atoms with Crippen LogP contribution in [0, 0.1) is 0 Å². The van der Waals surface area contributed by atoms with Crippen molar-refractivity contribution >= 4 is 44.3 Å². The van der Waals surface area contributed by atoms with Gasteiger partial charge >= 0.3 is 139 Å². The van der Waals surface area contributed by atoms with Crippen LogP contribution >= 0.6 is 0 Å². The standard InChI is InChI=1S/C14H12NO3.C6H6O4S.Na/c16-14(17)10-18-13-6-4-11(5-7-13)9-12-3-1-2-8-15-12;7-11(8,9)10-6-4-2-1-3-5-6;/h1-9H,10H2,(H,16,17);1-5H,(H,7,8,9);. The molecule has 0 bridgehead atoms. The summed E-state index contributed by atoms with van der Waals surface area (Å²) >= 11 is 0.964. The summed E-state index contributed by atoms with van der Waals surface area (Å²) in [6.07, 6.45) is 1.80. The van der Waals surface area contributed by atoms with Gasteiger partial charge in [-0.3, -0.25) is 4.55 Å². The Labute approximate surface area is 191 Å². The van der Waals surface area contributed by atoms with Gasteiger partial charge in [-0.15, -0.1) is 0 Å². The summed E-state index contributed by atoms with van der Waals surface area (Å²) in [6, 6.07) is 21.2. The number of aliphatic carboxylic acids is 1. The predicted molar refractivity (Wildman–Crippen MR) is 110 cm³/mol. The summed E-state index contributed by atoms with van der Waals surface area (Å²) in [7, 11) is -4.38. The Bertz CT molecular complexity index is 1030. The molecule has 0 aliphatic carbocycles. The number of pyridine rings is 1. The van der Waals surface area contributed by atoms with Gasteiger partial charge in [0.05, 0.1) is 0 Å². The largest absolute Gasteiger partial charge is 0.446 e. The Balaban J connectivity index is 0.000000248. The molecule has 2 N–H and O–H groups in total. The Morgan fingerprint density at radius 3 is 2.13 bits per heavy atom. The summed E-state index contributed by atoms with van der Waals surface area (Å²) in [5, 5.41) is 8.54. The van der Waals surface area contributed by atoms with E-state index in [1.165, 1.54) is 17.7 Å². The average molecular weight is 439 g/mol. The first kappa shape index (κ1) is 23.8. The third kappa shape index (κ3) is 8.93. The number of hydrogen-bond donors (Lipinski definition) is 2. The zero-order valence-corrected chi connectivity index (χ0v) is 18.9. The van der Waals surface area contributed by atoms with Crippen molar-refractivity contribution < 1.29 is 31.8 Å². The van der Waals surface area contributed by atoms with Gasteiger partial charge < -0.3 is 4.18 Å². The topological polar surface area (TPSA) is 123 Å². The van der Waals surface area contributed by atoms with Crippen LogP contribution in [0.1, 0.15) is 14.4 Å². The zero-order chi connectivity index (χ0) is 22.0. The summed E-state index contributed by atoms with van der Waals surface area (Å²) in [5.41, 5.74) is 2.24. The van der Waals surface area contributed by atoms with Crippen LogP contribution < -0.4 is 8.92 Å². The molecule has 152 valence electrons. The molecule has 0 aliphatic rings. The van der Waals surface area contributed by atoms with Gasteiger partial charge in [0.1, 0.15) is 5.75 Å². The summed E-state index contributed by atoms with van der Waals surface area (Å²) in [4.78, 5) is 14.8. The number of para-hydroxylation sites is 1. The number of benzene rings is 2. The van der Waals surface area contributed by atoms with E-state index in [0.29, 0.717) is 8.92 Å². The monoisotopic (exact) mass is 439 g/mol. The number of nitrogens with zero attached hydrogens (tertiary/aromatic N) is 1. The van der Waals surface area contributed by atoms with Crippen molar-refractivity contribution in [2.75, 3.05) is 6.61 Å². The molecule has 0 aliphatic heterocycles. The van der Waals surface area contributed by atoms with E-state index >= 15 is 0 Å². The van der Waals surface area contributed by atoms with E-state index in [1.807, 2.05) is 30.3 Å². The van der Waals surface area contributed by atoms with Crippen molar-refractivity contribution in [1.29, 1.82) is 0 Å². The fraction of sp³-hybridized carbons (Fsp3) is 0.100. The molecule has 3 aromatic rings. The third-order valence-corrected chi connectivity index (χ3v) is 5.48. The number of hydrogen-bond acceptors (Lipinski definition) is 6. The predicted octanol–water partition coefficient (Wildman–Crippen LogP) is 2.67. The fourth-order valence-corrected chi connectivity index (χ4v) is 3.48. The zero-order valence-electron chi connectivity index (χ0n) is 16.1. The van der Waals surface area contributed by atoms with Crippen molar-refractivity contribution in [1.82, 2.24) is 4.98 Å². The molecule has 1 atom stereocenters. The van der Waals surface area contributed by atoms with Crippen LogP contribution in [0.5, 0.6) is 11.5 Å². The Morgan fingerprint density at radius 1 is 0.967 bits per heavy atom. The van der Waals surface area contributed by atoms with E-state index in [1.54, 1.807) is 36.5 Å². The number of aromatic nitrogens is 1. The van der Waals surface area contributed by atoms with Crippen LogP contribution in [-0.2, 0) is 15.2 Å². The molecule has 0 saturated heterocycles. The minimum Gasteiger partial charge on any atom is -0.362 e. The molecule has 0 saturated carbocycles. The first-order valence-corrected chi connectivity index (χ1v) is 11.3. The normalized spacial score (nSPS) is 11.6. The van der Waals surface area contributed by atoms with Gasteiger partial charge in [0, 0.05) is 0 Å². The summed E-state index contributed by atoms with van der Waals surface area (Å²) < 4.78 is 38.1. The molecule has 30 heavy (non-hydrogen) atoms. The molecule has 1 aromatic heterocycles. The minimum atomic E-state index is -4.38. The summed E-state index contributed by atoms with van der Waals surface area (Å²) in [6.45, 7) is -0.316. The average Bonchev–Trinajstić information content (AvgIpc) is 2.73. The molecule has 0 spiro atoms. The summed E-state index contributed by atoms with van der Waals surface area (Å²) in [5.74, 6) is -0.311. The number of carboxylic acids is 1. The number of rotatable bonds is 7. The molecule has 0 fully saturated rings. The SMILES string of the molecule is O=C(O)COc1ccc([CH]([Na])c2ccccn2)cc1.O=S(=O)(O)Oc1ccccc1. The van der Waals surface area contributed by atoms with E-state index in [-0.39, 0.29) is 12.4 Å². The van der Waals surface area contributed by atoms with Crippen molar-refractivity contribution in [2.45, 2.75) is 3.17 Å². The molecular formula is C20H18NNaO7S. The van der Waals surface area contributed by atoms with Gasteiger partial charge in [-0.25, -0.2) is 0 Å². The van der Waals surface area contributed by atoms with Crippen LogP contribution in [0.4, 0.5) is 0 Å². The van der Waals surface area contributed by atoms with E-state index in [0.717, 1.165) is 33.6 Å². The van der Waals surface area contributed by atoms with Gasteiger partial charge in [-0.2, -0.15) is 8.42 Å². The Hall–Kier alpha value is -2.43. The van der Waals surface area contributed by atoms with Gasteiger partial charge in [0.25, 0.3) is 0 Å². The fourth-order valence-electron chi connectivity index (χ4n) is 2.40. The Kier molecular flexibility index (Phi) is 9.28. The molecule has 2 aromatic carbocycles. The van der Waals surface area contributed by atoms with Crippen LogP contribution in [0.15, 0.2) is 79.0 Å². The minimum absolute atomic E-state index is 0.0926. The van der Waals surface area contributed by atoms with Crippen molar-refractivity contribution in [3.8, 4) is 11.5 Å². The maximum absolute atomic E-state index is 10.4. The quantitative estimate of drug-likeness (QED) is 0.426. The number of carboxylic acid groups (broad SMARTS) is 1.